The van der Waals surface area contributed by atoms with E-state index in [1.54, 1.807) is 6.20 Å². The molecule has 1 aromatic heterocycles. The fourth-order valence-corrected chi connectivity index (χ4v) is 2.91. The molecule has 0 saturated carbocycles. The van der Waals surface area contributed by atoms with E-state index in [9.17, 15) is 4.79 Å². The summed E-state index contributed by atoms with van der Waals surface area (Å²) in [6, 6.07) is 9.74. The fourth-order valence-electron chi connectivity index (χ4n) is 1.71. The third kappa shape index (κ3) is 4.08. The van der Waals surface area contributed by atoms with Gasteiger partial charge < -0.3 is 5.32 Å². The van der Waals surface area contributed by atoms with Crippen molar-refractivity contribution in [2.24, 2.45) is 0 Å². The molecule has 3 nitrogen and oxygen atoms in total. The highest BCUT2D eigenvalue weighted by atomic mass is 79.9. The lowest BCUT2D eigenvalue weighted by molar-refractivity contribution is -0.113. The molecule has 0 radical (unpaired) electrons. The maximum absolute atomic E-state index is 11.9. The van der Waals surface area contributed by atoms with Gasteiger partial charge in [-0.05, 0) is 53.0 Å². The van der Waals surface area contributed by atoms with Gasteiger partial charge in [0.25, 0.3) is 0 Å². The lowest BCUT2D eigenvalue weighted by Crippen LogP contribution is -2.14. The Morgan fingerprint density at radius 2 is 2.05 bits per heavy atom. The Morgan fingerprint density at radius 1 is 1.30 bits per heavy atom. The summed E-state index contributed by atoms with van der Waals surface area (Å²) in [5.74, 6) is 0.331. The van der Waals surface area contributed by atoms with Crippen LogP contribution in [0.25, 0.3) is 0 Å². The average molecular weight is 351 g/mol. The highest BCUT2D eigenvalue weighted by Gasteiger charge is 2.08. The van der Waals surface area contributed by atoms with Crippen molar-refractivity contribution in [1.29, 1.82) is 0 Å². The van der Waals surface area contributed by atoms with Crippen LogP contribution in [0.4, 0.5) is 5.69 Å². The number of rotatable bonds is 4. The van der Waals surface area contributed by atoms with Crippen LogP contribution in [0.3, 0.4) is 0 Å². The van der Waals surface area contributed by atoms with Gasteiger partial charge in [-0.15, -0.1) is 0 Å². The molecule has 0 aliphatic carbocycles. The predicted molar refractivity (Wildman–Crippen MR) is 87.2 cm³/mol. The molecular formula is C15H15BrN2OS. The van der Waals surface area contributed by atoms with E-state index in [4.69, 9.17) is 0 Å². The summed E-state index contributed by atoms with van der Waals surface area (Å²) < 4.78 is 0.948. The number of hydrogen-bond donors (Lipinski definition) is 1. The van der Waals surface area contributed by atoms with Gasteiger partial charge in [0.2, 0.25) is 5.91 Å². The molecule has 0 unspecified atom stereocenters. The Bertz CT molecular complexity index is 631. The Kier molecular flexibility index (Phi) is 5.20. The van der Waals surface area contributed by atoms with Gasteiger partial charge in [0.05, 0.1) is 10.8 Å². The van der Waals surface area contributed by atoms with Gasteiger partial charge in [-0.3, -0.25) is 4.79 Å². The van der Waals surface area contributed by atoms with Gasteiger partial charge in [-0.2, -0.15) is 0 Å². The van der Waals surface area contributed by atoms with Crippen LogP contribution in [0, 0.1) is 13.8 Å². The molecule has 0 atom stereocenters. The molecule has 0 spiro atoms. The fraction of sp³-hybridized carbons (Fsp3) is 0.200. The normalized spacial score (nSPS) is 10.3. The number of pyridine rings is 1. The summed E-state index contributed by atoms with van der Waals surface area (Å²) in [6.07, 6.45) is 1.74. The quantitative estimate of drug-likeness (QED) is 0.840. The maximum Gasteiger partial charge on any atom is 0.234 e. The van der Waals surface area contributed by atoms with Crippen molar-refractivity contribution >= 4 is 39.3 Å². The van der Waals surface area contributed by atoms with Crippen molar-refractivity contribution in [3.8, 4) is 0 Å². The summed E-state index contributed by atoms with van der Waals surface area (Å²) in [6.45, 7) is 3.96. The molecule has 20 heavy (non-hydrogen) atoms. The number of amides is 1. The highest BCUT2D eigenvalue weighted by Crippen LogP contribution is 2.23. The van der Waals surface area contributed by atoms with Crippen molar-refractivity contribution < 1.29 is 4.79 Å². The first-order valence-electron chi connectivity index (χ1n) is 6.16. The number of carbonyl (C=O) groups excluding carboxylic acids is 1. The van der Waals surface area contributed by atoms with Crippen molar-refractivity contribution in [3.63, 3.8) is 0 Å². The molecule has 5 heteroatoms. The lowest BCUT2D eigenvalue weighted by atomic mass is 10.2. The summed E-state index contributed by atoms with van der Waals surface area (Å²) >= 11 is 4.82. The molecule has 1 amide bonds. The smallest absolute Gasteiger partial charge is 0.234 e. The van der Waals surface area contributed by atoms with Gasteiger partial charge >= 0.3 is 0 Å². The summed E-state index contributed by atoms with van der Waals surface area (Å²) in [5.41, 5.74) is 2.98. The van der Waals surface area contributed by atoms with Crippen LogP contribution in [0.15, 0.2) is 46.0 Å². The molecule has 0 aliphatic rings. The van der Waals surface area contributed by atoms with Crippen LogP contribution in [0.5, 0.6) is 0 Å². The predicted octanol–water partition coefficient (Wildman–Crippen LogP) is 4.19. The zero-order chi connectivity index (χ0) is 14.5. The second-order valence-electron chi connectivity index (χ2n) is 4.43. The SMILES string of the molecule is Cc1ccccc1NC(=O)CSc1ncc(Br)cc1C. The molecular weight excluding hydrogens is 336 g/mol. The molecule has 1 aromatic carbocycles. The number of hydrogen-bond acceptors (Lipinski definition) is 3. The number of aryl methyl sites for hydroxylation is 2. The van der Waals surface area contributed by atoms with Gasteiger partial charge in [0, 0.05) is 16.4 Å². The minimum Gasteiger partial charge on any atom is -0.325 e. The van der Waals surface area contributed by atoms with Crippen molar-refractivity contribution in [2.45, 2.75) is 18.9 Å². The summed E-state index contributed by atoms with van der Waals surface area (Å²) in [4.78, 5) is 16.3. The van der Waals surface area contributed by atoms with E-state index in [0.29, 0.717) is 5.75 Å². The number of anilines is 1. The number of aromatic nitrogens is 1. The van der Waals surface area contributed by atoms with Crippen LogP contribution in [0.2, 0.25) is 0 Å². The molecule has 1 heterocycles. The maximum atomic E-state index is 11.9. The van der Waals surface area contributed by atoms with Crippen molar-refractivity contribution in [3.05, 3.63) is 52.1 Å². The van der Waals surface area contributed by atoms with Crippen molar-refractivity contribution in [1.82, 2.24) is 4.98 Å². The molecule has 104 valence electrons. The van der Waals surface area contributed by atoms with Gasteiger partial charge in [-0.1, -0.05) is 30.0 Å². The zero-order valence-corrected chi connectivity index (χ0v) is 13.7. The molecule has 0 aliphatic heterocycles. The standard InChI is InChI=1S/C15H15BrN2OS/c1-10-5-3-4-6-13(10)18-14(19)9-20-15-11(2)7-12(16)8-17-15/h3-8H,9H2,1-2H3,(H,18,19). The van der Waals surface area contributed by atoms with E-state index in [1.807, 2.05) is 44.2 Å². The van der Waals surface area contributed by atoms with Crippen LogP contribution in [0.1, 0.15) is 11.1 Å². The first-order chi connectivity index (χ1) is 9.56. The van der Waals surface area contributed by atoms with Gasteiger partial charge in [0.1, 0.15) is 0 Å². The lowest BCUT2D eigenvalue weighted by Gasteiger charge is -2.08. The average Bonchev–Trinajstić information content (AvgIpc) is 2.40. The topological polar surface area (TPSA) is 42.0 Å². The number of nitrogens with zero attached hydrogens (tertiary/aromatic N) is 1. The van der Waals surface area contributed by atoms with E-state index in [-0.39, 0.29) is 5.91 Å². The van der Waals surface area contributed by atoms with Gasteiger partial charge in [0.15, 0.2) is 0 Å². The molecule has 0 bridgehead atoms. The minimum atomic E-state index is -0.0200. The second-order valence-corrected chi connectivity index (χ2v) is 6.31. The first kappa shape index (κ1) is 15.1. The molecule has 0 saturated heterocycles. The number of nitrogens with one attached hydrogen (secondary N) is 1. The van der Waals surface area contributed by atoms with Crippen LogP contribution in [-0.4, -0.2) is 16.6 Å². The van der Waals surface area contributed by atoms with E-state index in [0.717, 1.165) is 26.3 Å². The molecule has 0 fully saturated rings. The van der Waals surface area contributed by atoms with Gasteiger partial charge in [-0.25, -0.2) is 4.98 Å². The molecule has 2 rings (SSSR count). The van der Waals surface area contributed by atoms with E-state index in [2.05, 4.69) is 26.2 Å². The molecule has 1 N–H and O–H groups in total. The number of thioether (sulfide) groups is 1. The van der Waals surface area contributed by atoms with E-state index >= 15 is 0 Å². The number of para-hydroxylation sites is 1. The highest BCUT2D eigenvalue weighted by molar-refractivity contribution is 9.10. The summed E-state index contributed by atoms with van der Waals surface area (Å²) in [5, 5.41) is 3.80. The second kappa shape index (κ2) is 6.90. The van der Waals surface area contributed by atoms with Crippen LogP contribution in [-0.2, 0) is 4.79 Å². The first-order valence-corrected chi connectivity index (χ1v) is 7.94. The largest absolute Gasteiger partial charge is 0.325 e. The number of benzene rings is 1. The zero-order valence-electron chi connectivity index (χ0n) is 11.3. The van der Waals surface area contributed by atoms with Crippen molar-refractivity contribution in [2.75, 3.05) is 11.1 Å². The number of halogens is 1. The monoisotopic (exact) mass is 350 g/mol. The molecule has 2 aromatic rings. The van der Waals surface area contributed by atoms with E-state index in [1.165, 1.54) is 11.8 Å². The minimum absolute atomic E-state index is 0.0200. The summed E-state index contributed by atoms with van der Waals surface area (Å²) in [7, 11) is 0. The van der Waals surface area contributed by atoms with E-state index < -0.39 is 0 Å². The van der Waals surface area contributed by atoms with Crippen LogP contribution >= 0.6 is 27.7 Å². The Balaban J connectivity index is 1.94. The third-order valence-electron chi connectivity index (χ3n) is 2.76. The Labute approximate surface area is 131 Å². The van der Waals surface area contributed by atoms with Crippen LogP contribution < -0.4 is 5.32 Å². The Morgan fingerprint density at radius 3 is 2.75 bits per heavy atom. The Hall–Kier alpha value is -1.33. The number of carbonyl (C=O) groups is 1. The third-order valence-corrected chi connectivity index (χ3v) is 4.30.